The van der Waals surface area contributed by atoms with Crippen LogP contribution in [0.5, 0.6) is 0 Å². The van der Waals surface area contributed by atoms with E-state index >= 15 is 0 Å². The molecule has 2 nitrogen and oxygen atoms in total. The van der Waals surface area contributed by atoms with Crippen molar-refractivity contribution < 1.29 is 9.13 Å². The number of nitrogens with one attached hydrogen (secondary N) is 1. The lowest BCUT2D eigenvalue weighted by molar-refractivity contribution is 0.0496. The Hall–Kier alpha value is -1.71. The maximum Gasteiger partial charge on any atom is 0.123 e. The van der Waals surface area contributed by atoms with Gasteiger partial charge < -0.3 is 10.1 Å². The van der Waals surface area contributed by atoms with E-state index < -0.39 is 0 Å². The third-order valence-corrected chi connectivity index (χ3v) is 5.62. The smallest absolute Gasteiger partial charge is 0.123 e. The molecule has 0 atom stereocenters. The standard InChI is InChI=1S/C22H28FNO/c1-16-11-18(3)19(12-17(16)2)14-24-15-22(7-9-25-10-8-22)20-5-4-6-21(23)13-20/h4-6,11-13,24H,7-10,14-15H2,1-3H3. The molecule has 2 aromatic rings. The summed E-state index contributed by atoms with van der Waals surface area (Å²) in [6.07, 6.45) is 1.85. The highest BCUT2D eigenvalue weighted by Gasteiger charge is 2.34. The van der Waals surface area contributed by atoms with Crippen LogP contribution >= 0.6 is 0 Å². The summed E-state index contributed by atoms with van der Waals surface area (Å²) in [6, 6.07) is 11.6. The third-order valence-electron chi connectivity index (χ3n) is 5.62. The monoisotopic (exact) mass is 341 g/mol. The molecule has 134 valence electrons. The van der Waals surface area contributed by atoms with E-state index in [2.05, 4.69) is 44.3 Å². The van der Waals surface area contributed by atoms with E-state index in [0.717, 1.165) is 44.7 Å². The van der Waals surface area contributed by atoms with E-state index in [1.165, 1.54) is 28.3 Å². The highest BCUT2D eigenvalue weighted by atomic mass is 19.1. The molecule has 0 radical (unpaired) electrons. The van der Waals surface area contributed by atoms with E-state index in [4.69, 9.17) is 4.74 Å². The Labute approximate surface area is 150 Å². The molecule has 2 aromatic carbocycles. The summed E-state index contributed by atoms with van der Waals surface area (Å²) in [5.41, 5.74) is 6.36. The molecule has 0 amide bonds. The zero-order chi connectivity index (χ0) is 17.9. The van der Waals surface area contributed by atoms with Gasteiger partial charge in [-0.05, 0) is 73.6 Å². The van der Waals surface area contributed by atoms with Crippen molar-refractivity contribution in [3.8, 4) is 0 Å². The van der Waals surface area contributed by atoms with Crippen molar-refractivity contribution >= 4 is 0 Å². The molecular formula is C22H28FNO. The van der Waals surface area contributed by atoms with E-state index in [-0.39, 0.29) is 11.2 Å². The molecule has 0 aromatic heterocycles. The summed E-state index contributed by atoms with van der Waals surface area (Å²) in [7, 11) is 0. The summed E-state index contributed by atoms with van der Waals surface area (Å²) in [5, 5.41) is 3.64. The maximum absolute atomic E-state index is 13.8. The van der Waals surface area contributed by atoms with E-state index in [1.807, 2.05) is 6.07 Å². The van der Waals surface area contributed by atoms with Gasteiger partial charge in [0.15, 0.2) is 0 Å². The minimum atomic E-state index is -0.159. The normalized spacial score (nSPS) is 16.8. The van der Waals surface area contributed by atoms with Crippen molar-refractivity contribution in [2.75, 3.05) is 19.8 Å². The SMILES string of the molecule is Cc1cc(C)c(CNCC2(c3cccc(F)c3)CCOCC2)cc1C. The fraction of sp³-hybridized carbons (Fsp3) is 0.455. The second-order valence-corrected chi connectivity index (χ2v) is 7.37. The molecule has 0 bridgehead atoms. The van der Waals surface area contributed by atoms with Gasteiger partial charge in [-0.25, -0.2) is 4.39 Å². The topological polar surface area (TPSA) is 21.3 Å². The Balaban J connectivity index is 1.75. The van der Waals surface area contributed by atoms with Crippen LogP contribution in [0.1, 0.15) is 40.7 Å². The van der Waals surface area contributed by atoms with Crippen molar-refractivity contribution in [2.45, 2.75) is 45.6 Å². The van der Waals surface area contributed by atoms with Crippen LogP contribution in [0.25, 0.3) is 0 Å². The first-order valence-electron chi connectivity index (χ1n) is 9.11. The van der Waals surface area contributed by atoms with Crippen LogP contribution < -0.4 is 5.32 Å². The summed E-state index contributed by atoms with van der Waals surface area (Å²) in [6.45, 7) is 9.63. The summed E-state index contributed by atoms with van der Waals surface area (Å²) >= 11 is 0. The van der Waals surface area contributed by atoms with E-state index in [0.29, 0.717) is 0 Å². The van der Waals surface area contributed by atoms with E-state index in [9.17, 15) is 4.39 Å². The molecule has 1 N–H and O–H groups in total. The average molecular weight is 341 g/mol. The number of rotatable bonds is 5. The van der Waals surface area contributed by atoms with Crippen LogP contribution in [-0.4, -0.2) is 19.8 Å². The lowest BCUT2D eigenvalue weighted by Gasteiger charge is -2.38. The van der Waals surface area contributed by atoms with Crippen molar-refractivity contribution in [1.82, 2.24) is 5.32 Å². The van der Waals surface area contributed by atoms with Crippen LogP contribution in [0.4, 0.5) is 4.39 Å². The molecule has 1 fully saturated rings. The molecule has 1 aliphatic rings. The van der Waals surface area contributed by atoms with Gasteiger partial charge in [0.25, 0.3) is 0 Å². The fourth-order valence-electron chi connectivity index (χ4n) is 3.80. The van der Waals surface area contributed by atoms with Gasteiger partial charge in [-0.3, -0.25) is 0 Å². The Kier molecular flexibility index (Phi) is 5.55. The van der Waals surface area contributed by atoms with Crippen molar-refractivity contribution in [1.29, 1.82) is 0 Å². The number of aryl methyl sites for hydroxylation is 3. The minimum absolute atomic E-state index is 0.0476. The predicted octanol–water partition coefficient (Wildman–Crippen LogP) is 4.59. The highest BCUT2D eigenvalue weighted by molar-refractivity contribution is 5.36. The first-order chi connectivity index (χ1) is 12.0. The maximum atomic E-state index is 13.8. The van der Waals surface area contributed by atoms with Crippen LogP contribution in [0.2, 0.25) is 0 Å². The molecule has 0 spiro atoms. The number of hydrogen-bond acceptors (Lipinski definition) is 2. The van der Waals surface area contributed by atoms with Crippen LogP contribution in [-0.2, 0) is 16.7 Å². The fourth-order valence-corrected chi connectivity index (χ4v) is 3.80. The van der Waals surface area contributed by atoms with E-state index in [1.54, 1.807) is 6.07 Å². The van der Waals surface area contributed by atoms with Gasteiger partial charge in [-0.15, -0.1) is 0 Å². The number of ether oxygens (including phenoxy) is 1. The van der Waals surface area contributed by atoms with Gasteiger partial charge in [0, 0.05) is 31.7 Å². The first-order valence-corrected chi connectivity index (χ1v) is 9.11. The van der Waals surface area contributed by atoms with Gasteiger partial charge in [0.05, 0.1) is 0 Å². The predicted molar refractivity (Wildman–Crippen MR) is 100 cm³/mol. The second kappa shape index (κ2) is 7.67. The number of hydrogen-bond donors (Lipinski definition) is 1. The molecule has 1 heterocycles. The molecule has 3 rings (SSSR count). The number of benzene rings is 2. The van der Waals surface area contributed by atoms with Crippen LogP contribution in [0.15, 0.2) is 36.4 Å². The Bertz CT molecular complexity index is 735. The van der Waals surface area contributed by atoms with Crippen molar-refractivity contribution in [3.63, 3.8) is 0 Å². The minimum Gasteiger partial charge on any atom is -0.381 e. The first kappa shape index (κ1) is 18.1. The molecular weight excluding hydrogens is 313 g/mol. The van der Waals surface area contributed by atoms with Crippen molar-refractivity contribution in [2.24, 2.45) is 0 Å². The highest BCUT2D eigenvalue weighted by Crippen LogP contribution is 2.34. The lowest BCUT2D eigenvalue weighted by Crippen LogP contribution is -2.42. The Morgan fingerprint density at radius 3 is 2.44 bits per heavy atom. The third kappa shape index (κ3) is 4.10. The Morgan fingerprint density at radius 2 is 1.72 bits per heavy atom. The zero-order valence-corrected chi connectivity index (χ0v) is 15.5. The molecule has 0 aliphatic carbocycles. The Morgan fingerprint density at radius 1 is 1.00 bits per heavy atom. The molecule has 3 heteroatoms. The molecule has 1 aliphatic heterocycles. The number of halogens is 1. The van der Waals surface area contributed by atoms with Gasteiger partial charge >= 0.3 is 0 Å². The molecule has 0 unspecified atom stereocenters. The molecule has 0 saturated carbocycles. The summed E-state index contributed by atoms with van der Waals surface area (Å²) in [5.74, 6) is -0.159. The quantitative estimate of drug-likeness (QED) is 0.859. The van der Waals surface area contributed by atoms with Gasteiger partial charge in [-0.1, -0.05) is 24.3 Å². The summed E-state index contributed by atoms with van der Waals surface area (Å²) in [4.78, 5) is 0. The van der Waals surface area contributed by atoms with Gasteiger partial charge in [0.2, 0.25) is 0 Å². The largest absolute Gasteiger partial charge is 0.381 e. The van der Waals surface area contributed by atoms with Crippen molar-refractivity contribution in [3.05, 3.63) is 70.0 Å². The molecule has 1 saturated heterocycles. The van der Waals surface area contributed by atoms with Gasteiger partial charge in [-0.2, -0.15) is 0 Å². The second-order valence-electron chi connectivity index (χ2n) is 7.37. The summed E-state index contributed by atoms with van der Waals surface area (Å²) < 4.78 is 19.3. The van der Waals surface area contributed by atoms with Crippen LogP contribution in [0, 0.1) is 26.6 Å². The molecule has 25 heavy (non-hydrogen) atoms. The lowest BCUT2D eigenvalue weighted by atomic mass is 9.74. The zero-order valence-electron chi connectivity index (χ0n) is 15.5. The average Bonchev–Trinajstić information content (AvgIpc) is 2.60. The van der Waals surface area contributed by atoms with Gasteiger partial charge in [0.1, 0.15) is 5.82 Å². The van der Waals surface area contributed by atoms with Crippen LogP contribution in [0.3, 0.4) is 0 Å².